The smallest absolute Gasteiger partial charge is 0.227 e. The van der Waals surface area contributed by atoms with Crippen LogP contribution < -0.4 is 5.32 Å². The van der Waals surface area contributed by atoms with E-state index in [9.17, 15) is 9.59 Å². The summed E-state index contributed by atoms with van der Waals surface area (Å²) in [5, 5.41) is 5.70. The Morgan fingerprint density at radius 1 is 0.585 bits per heavy atom. The average molecular weight is 870 g/mol. The van der Waals surface area contributed by atoms with Gasteiger partial charge >= 0.3 is 0 Å². The second kappa shape index (κ2) is 20.1. The van der Waals surface area contributed by atoms with Crippen LogP contribution in [0.5, 0.6) is 0 Å². The molecule has 0 spiro atoms. The maximum Gasteiger partial charge on any atom is 0.227 e. The third-order valence-electron chi connectivity index (χ3n) is 14.4. The molecule has 4 aliphatic rings. The van der Waals surface area contributed by atoms with Gasteiger partial charge < -0.3 is 20.1 Å². The normalized spacial score (nSPS) is 19.6. The largest absolute Gasteiger partial charge is 0.354 e. The third kappa shape index (κ3) is 10.3. The number of aromatic nitrogens is 4. The molecule has 11 heteroatoms. The van der Waals surface area contributed by atoms with Gasteiger partial charge in [-0.2, -0.15) is 0 Å². The Kier molecular flexibility index (Phi) is 13.3. The molecular weight excluding hydrogens is 807 g/mol. The van der Waals surface area contributed by atoms with E-state index in [1.807, 2.05) is 28.4 Å². The Morgan fingerprint density at radius 3 is 1.85 bits per heavy atom. The van der Waals surface area contributed by atoms with Gasteiger partial charge in [0.05, 0.1) is 30.8 Å². The minimum atomic E-state index is -0.0470. The van der Waals surface area contributed by atoms with Gasteiger partial charge in [-0.05, 0) is 128 Å². The lowest BCUT2D eigenvalue weighted by Gasteiger charge is -2.28. The molecular formula is C54H63N9O2. The highest BCUT2D eigenvalue weighted by Gasteiger charge is 2.32. The second-order valence-electron chi connectivity index (χ2n) is 18.9. The lowest BCUT2D eigenvalue weighted by Crippen LogP contribution is -2.33. The van der Waals surface area contributed by atoms with E-state index in [1.54, 1.807) is 0 Å². The minimum Gasteiger partial charge on any atom is -0.354 e. The predicted molar refractivity (Wildman–Crippen MR) is 258 cm³/mol. The van der Waals surface area contributed by atoms with Crippen molar-refractivity contribution < 1.29 is 9.59 Å². The number of hydrogen-bond acceptors (Lipinski definition) is 8. The lowest BCUT2D eigenvalue weighted by atomic mass is 10.0. The highest BCUT2D eigenvalue weighted by molar-refractivity contribution is 5.90. The molecule has 11 nitrogen and oxygen atoms in total. The molecule has 10 rings (SSSR count). The summed E-state index contributed by atoms with van der Waals surface area (Å²) in [6, 6.07) is 29.9. The molecule has 2 amide bonds. The number of carbonyl (C=O) groups is 2. The molecule has 0 bridgehead atoms. The molecule has 4 saturated heterocycles. The van der Waals surface area contributed by atoms with Crippen LogP contribution in [0.4, 0.5) is 5.95 Å². The Bertz CT molecular complexity index is 2580. The Hall–Kier alpha value is -5.91. The van der Waals surface area contributed by atoms with E-state index in [1.165, 1.54) is 49.7 Å². The van der Waals surface area contributed by atoms with E-state index in [0.717, 1.165) is 135 Å². The summed E-state index contributed by atoms with van der Waals surface area (Å²) < 4.78 is 0. The molecule has 6 heterocycles. The molecule has 4 fully saturated rings. The highest BCUT2D eigenvalue weighted by Crippen LogP contribution is 2.34. The molecule has 336 valence electrons. The first-order valence-corrected chi connectivity index (χ1v) is 24.3. The van der Waals surface area contributed by atoms with Gasteiger partial charge in [0.2, 0.25) is 17.8 Å². The van der Waals surface area contributed by atoms with Gasteiger partial charge in [0.15, 0.2) is 0 Å². The Morgan fingerprint density at radius 2 is 1.18 bits per heavy atom. The summed E-state index contributed by atoms with van der Waals surface area (Å²) in [7, 11) is 0. The molecule has 2 N–H and O–H groups in total. The van der Waals surface area contributed by atoms with E-state index in [-0.39, 0.29) is 17.9 Å². The molecule has 65 heavy (non-hydrogen) atoms. The van der Waals surface area contributed by atoms with E-state index in [0.29, 0.717) is 24.7 Å². The maximum atomic E-state index is 13.9. The fraction of sp³-hybridized carbons (Fsp3) is 0.426. The number of amides is 2. The zero-order chi connectivity index (χ0) is 44.0. The number of likely N-dealkylation sites (tertiary alicyclic amines) is 4. The van der Waals surface area contributed by atoms with Crippen molar-refractivity contribution in [3.05, 3.63) is 132 Å². The van der Waals surface area contributed by atoms with Crippen molar-refractivity contribution in [2.24, 2.45) is 5.92 Å². The number of rotatable bonds is 14. The van der Waals surface area contributed by atoms with Gasteiger partial charge in [0.25, 0.3) is 0 Å². The standard InChI is InChI=1S/C54H63N9O2/c64-51(30-40-12-3-5-14-46(40)37-60-22-7-1-8-23-60)62-27-21-39(36-62)32-56-54-57-33-48(34-58-54)44-18-17-43-29-45(20-19-42(43)28-44)49-35-55-53(59-49)50-16-11-26-63(50)52(65)31-41-13-4-6-15-47(41)38-61-24-9-2-10-25-61/h3-6,12-15,17-20,28-29,33-35,39,50H,1-2,7-11,16,21-27,30-32,36-38H2,(H,55,59)(H,56,57,58)/t39-,50+/m1/s1. The van der Waals surface area contributed by atoms with E-state index >= 15 is 0 Å². The molecule has 4 aromatic carbocycles. The van der Waals surface area contributed by atoms with Crippen molar-refractivity contribution in [3.63, 3.8) is 0 Å². The van der Waals surface area contributed by atoms with Gasteiger partial charge in [0, 0.05) is 62.8 Å². The number of carbonyl (C=O) groups excluding carboxylic acids is 2. The maximum absolute atomic E-state index is 13.9. The molecule has 6 aromatic rings. The van der Waals surface area contributed by atoms with Gasteiger partial charge in [-0.25, -0.2) is 15.0 Å². The van der Waals surface area contributed by atoms with Crippen LogP contribution in [0.2, 0.25) is 0 Å². The first-order valence-electron chi connectivity index (χ1n) is 24.3. The van der Waals surface area contributed by atoms with Crippen LogP contribution in [0.1, 0.15) is 91.9 Å². The van der Waals surface area contributed by atoms with Crippen molar-refractivity contribution in [1.29, 1.82) is 0 Å². The van der Waals surface area contributed by atoms with Gasteiger partial charge in [-0.15, -0.1) is 0 Å². The molecule has 0 unspecified atom stereocenters. The first-order chi connectivity index (χ1) is 32.0. The summed E-state index contributed by atoms with van der Waals surface area (Å²) in [6.07, 6.45) is 17.1. The minimum absolute atomic E-state index is 0.0470. The average Bonchev–Trinajstić information content (AvgIpc) is 4.15. The summed E-state index contributed by atoms with van der Waals surface area (Å²) in [5.41, 5.74) is 8.90. The SMILES string of the molecule is O=C(Cc1ccccc1CN1CCCCC1)N1CC[C@H](CNc2ncc(-c3ccc4cc(-c5cnc([C@@H]6CCCN6C(=O)Cc6ccccc6CN6CCCCC6)[nH]5)ccc4c3)cn2)C1. The third-order valence-corrected chi connectivity index (χ3v) is 14.4. The number of piperidine rings is 2. The van der Waals surface area contributed by atoms with Crippen molar-refractivity contribution in [3.8, 4) is 22.4 Å². The summed E-state index contributed by atoms with van der Waals surface area (Å²) in [6.45, 7) is 9.48. The number of anilines is 1. The molecule has 0 radical (unpaired) electrons. The fourth-order valence-electron chi connectivity index (χ4n) is 10.6. The van der Waals surface area contributed by atoms with Crippen LogP contribution in [-0.2, 0) is 35.5 Å². The van der Waals surface area contributed by atoms with Crippen LogP contribution in [-0.4, -0.2) is 104 Å². The number of nitrogens with zero attached hydrogens (tertiary/aromatic N) is 7. The lowest BCUT2D eigenvalue weighted by molar-refractivity contribution is -0.131. The quantitative estimate of drug-likeness (QED) is 0.112. The van der Waals surface area contributed by atoms with Gasteiger partial charge in [-0.3, -0.25) is 19.4 Å². The van der Waals surface area contributed by atoms with Crippen LogP contribution in [0.3, 0.4) is 0 Å². The van der Waals surface area contributed by atoms with Crippen LogP contribution in [0.15, 0.2) is 104 Å². The van der Waals surface area contributed by atoms with Crippen LogP contribution in [0.25, 0.3) is 33.2 Å². The van der Waals surface area contributed by atoms with E-state index in [2.05, 4.69) is 115 Å². The fourth-order valence-corrected chi connectivity index (χ4v) is 10.6. The number of benzene rings is 4. The number of H-pyrrole nitrogens is 1. The number of nitrogens with one attached hydrogen (secondary N) is 2. The molecule has 0 saturated carbocycles. The van der Waals surface area contributed by atoms with Crippen LogP contribution >= 0.6 is 0 Å². The summed E-state index contributed by atoms with van der Waals surface area (Å²) in [5.74, 6) is 2.22. The molecule has 2 aromatic heterocycles. The Labute approximate surface area is 383 Å². The zero-order valence-electron chi connectivity index (χ0n) is 37.8. The van der Waals surface area contributed by atoms with Gasteiger partial charge in [0.1, 0.15) is 5.82 Å². The van der Waals surface area contributed by atoms with Crippen molar-refractivity contribution >= 4 is 28.5 Å². The molecule has 2 atom stereocenters. The van der Waals surface area contributed by atoms with Crippen molar-refractivity contribution in [1.82, 2.24) is 39.5 Å². The Balaban J connectivity index is 0.720. The van der Waals surface area contributed by atoms with Crippen molar-refractivity contribution in [2.75, 3.05) is 57.7 Å². The highest BCUT2D eigenvalue weighted by atomic mass is 16.2. The monoisotopic (exact) mass is 870 g/mol. The molecule has 0 aliphatic carbocycles. The predicted octanol–water partition coefficient (Wildman–Crippen LogP) is 9.07. The summed E-state index contributed by atoms with van der Waals surface area (Å²) in [4.78, 5) is 54.2. The number of hydrogen-bond donors (Lipinski definition) is 2. The number of imidazole rings is 1. The van der Waals surface area contributed by atoms with E-state index < -0.39 is 0 Å². The van der Waals surface area contributed by atoms with Crippen molar-refractivity contribution in [2.45, 2.75) is 89.8 Å². The summed E-state index contributed by atoms with van der Waals surface area (Å²) >= 11 is 0. The first kappa shape index (κ1) is 43.0. The van der Waals surface area contributed by atoms with Crippen LogP contribution in [0, 0.1) is 5.92 Å². The zero-order valence-corrected chi connectivity index (χ0v) is 37.8. The molecule has 4 aliphatic heterocycles. The van der Waals surface area contributed by atoms with E-state index in [4.69, 9.17) is 4.98 Å². The second-order valence-corrected chi connectivity index (χ2v) is 18.9. The number of aromatic amines is 1. The van der Waals surface area contributed by atoms with Gasteiger partial charge in [-0.1, -0.05) is 85.6 Å². The number of fused-ring (bicyclic) bond motifs is 1. The topological polar surface area (TPSA) is 114 Å².